The number of hydrogen-bond acceptors (Lipinski definition) is 3. The zero-order valence-electron chi connectivity index (χ0n) is 6.74. The van der Waals surface area contributed by atoms with E-state index in [-0.39, 0.29) is 5.82 Å². The molecule has 0 amide bonds. The van der Waals surface area contributed by atoms with Crippen LogP contribution >= 0.6 is 0 Å². The zero-order valence-corrected chi connectivity index (χ0v) is 6.74. The molecule has 5 heteroatoms. The average molecular weight is 178 g/mol. The molecule has 0 aliphatic heterocycles. The fourth-order valence-corrected chi connectivity index (χ4v) is 0.965. The van der Waals surface area contributed by atoms with Crippen molar-refractivity contribution in [3.8, 4) is 11.5 Å². The first-order chi connectivity index (χ1) is 6.40. The summed E-state index contributed by atoms with van der Waals surface area (Å²) in [5.41, 5.74) is 0.637. The van der Waals surface area contributed by atoms with E-state index in [0.717, 1.165) is 0 Å². The Morgan fingerprint density at radius 3 is 2.92 bits per heavy atom. The Labute approximate surface area is 73.9 Å². The van der Waals surface area contributed by atoms with Gasteiger partial charge >= 0.3 is 0 Å². The van der Waals surface area contributed by atoms with Crippen LogP contribution in [-0.2, 0) is 6.67 Å². The van der Waals surface area contributed by atoms with E-state index < -0.39 is 6.67 Å². The van der Waals surface area contributed by atoms with Crippen LogP contribution in [0, 0.1) is 0 Å². The summed E-state index contributed by atoms with van der Waals surface area (Å²) >= 11 is 0. The van der Waals surface area contributed by atoms with Gasteiger partial charge in [0.25, 0.3) is 0 Å². The average Bonchev–Trinajstić information content (AvgIpc) is 2.67. The number of hydrogen-bond donors (Lipinski definition) is 1. The first kappa shape index (κ1) is 7.85. The number of alkyl halides is 1. The number of nitrogens with one attached hydrogen (secondary N) is 1. The number of H-pyrrole nitrogens is 1. The number of nitrogens with zero attached hydrogens (tertiary/aromatic N) is 3. The third-order valence-corrected chi connectivity index (χ3v) is 1.55. The minimum absolute atomic E-state index is 0.223. The van der Waals surface area contributed by atoms with Gasteiger partial charge in [-0.05, 0) is 12.1 Å². The molecule has 0 saturated carbocycles. The van der Waals surface area contributed by atoms with Gasteiger partial charge in [-0.3, -0.25) is 10.1 Å². The quantitative estimate of drug-likeness (QED) is 0.754. The molecule has 0 unspecified atom stereocenters. The van der Waals surface area contributed by atoms with Gasteiger partial charge in [-0.15, -0.1) is 0 Å². The van der Waals surface area contributed by atoms with E-state index in [9.17, 15) is 4.39 Å². The van der Waals surface area contributed by atoms with Crippen LogP contribution in [0.4, 0.5) is 4.39 Å². The molecule has 0 bridgehead atoms. The van der Waals surface area contributed by atoms with E-state index >= 15 is 0 Å². The lowest BCUT2D eigenvalue weighted by Gasteiger charge is -1.89. The second-order valence-corrected chi connectivity index (χ2v) is 2.45. The summed E-state index contributed by atoms with van der Waals surface area (Å²) in [5, 5.41) is 6.30. The molecule has 2 aromatic heterocycles. The molecule has 0 saturated heterocycles. The highest BCUT2D eigenvalue weighted by molar-refractivity contribution is 5.47. The predicted molar refractivity (Wildman–Crippen MR) is 44.4 cm³/mol. The minimum Gasteiger partial charge on any atom is -0.260 e. The minimum atomic E-state index is -0.639. The van der Waals surface area contributed by atoms with Gasteiger partial charge in [0.2, 0.25) is 0 Å². The molecule has 0 aliphatic carbocycles. The second kappa shape index (κ2) is 3.30. The Morgan fingerprint density at radius 2 is 2.31 bits per heavy atom. The second-order valence-electron chi connectivity index (χ2n) is 2.45. The van der Waals surface area contributed by atoms with Crippen LogP contribution in [0.15, 0.2) is 24.4 Å². The number of pyridine rings is 1. The van der Waals surface area contributed by atoms with E-state index in [2.05, 4.69) is 20.2 Å². The van der Waals surface area contributed by atoms with E-state index in [1.54, 1.807) is 18.3 Å². The summed E-state index contributed by atoms with van der Waals surface area (Å²) in [6, 6.07) is 5.39. The third-order valence-electron chi connectivity index (χ3n) is 1.55. The molecule has 0 aromatic carbocycles. The number of rotatable bonds is 2. The van der Waals surface area contributed by atoms with Crippen LogP contribution in [0.1, 0.15) is 5.82 Å². The molecule has 2 aromatic rings. The van der Waals surface area contributed by atoms with Crippen LogP contribution in [0.2, 0.25) is 0 Å². The van der Waals surface area contributed by atoms with Crippen molar-refractivity contribution in [3.63, 3.8) is 0 Å². The molecule has 0 fully saturated rings. The maximum absolute atomic E-state index is 12.1. The van der Waals surface area contributed by atoms with Gasteiger partial charge in [0, 0.05) is 6.20 Å². The number of aromatic nitrogens is 4. The highest BCUT2D eigenvalue weighted by Crippen LogP contribution is 2.09. The highest BCUT2D eigenvalue weighted by atomic mass is 19.1. The van der Waals surface area contributed by atoms with Crippen molar-refractivity contribution >= 4 is 0 Å². The maximum atomic E-state index is 12.1. The summed E-state index contributed by atoms with van der Waals surface area (Å²) < 4.78 is 12.1. The normalized spacial score (nSPS) is 10.2. The van der Waals surface area contributed by atoms with E-state index in [1.165, 1.54) is 0 Å². The smallest absolute Gasteiger partial charge is 0.199 e. The van der Waals surface area contributed by atoms with Gasteiger partial charge in [0.1, 0.15) is 12.4 Å². The maximum Gasteiger partial charge on any atom is 0.199 e. The number of aromatic amines is 1. The summed E-state index contributed by atoms with van der Waals surface area (Å²) in [6.07, 6.45) is 1.64. The number of halogens is 1. The van der Waals surface area contributed by atoms with Crippen molar-refractivity contribution in [1.82, 2.24) is 20.2 Å². The SMILES string of the molecule is FCc1nc(-c2ccccn2)n[nH]1. The van der Waals surface area contributed by atoms with Crippen molar-refractivity contribution in [3.05, 3.63) is 30.2 Å². The van der Waals surface area contributed by atoms with Gasteiger partial charge in [0.05, 0.1) is 0 Å². The van der Waals surface area contributed by atoms with Crippen molar-refractivity contribution in [1.29, 1.82) is 0 Å². The first-order valence-electron chi connectivity index (χ1n) is 3.79. The Morgan fingerprint density at radius 1 is 1.38 bits per heavy atom. The largest absolute Gasteiger partial charge is 0.260 e. The summed E-state index contributed by atoms with van der Waals surface area (Å²) in [7, 11) is 0. The molecule has 66 valence electrons. The van der Waals surface area contributed by atoms with Crippen molar-refractivity contribution in [2.45, 2.75) is 6.67 Å². The van der Waals surface area contributed by atoms with Crippen LogP contribution < -0.4 is 0 Å². The van der Waals surface area contributed by atoms with Gasteiger partial charge < -0.3 is 0 Å². The Bertz CT molecular complexity index is 384. The van der Waals surface area contributed by atoms with Gasteiger partial charge in [0.15, 0.2) is 11.6 Å². The first-order valence-corrected chi connectivity index (χ1v) is 3.79. The molecular formula is C8H7FN4. The zero-order chi connectivity index (χ0) is 9.10. The fourth-order valence-electron chi connectivity index (χ4n) is 0.965. The van der Waals surface area contributed by atoms with Crippen LogP contribution in [0.25, 0.3) is 11.5 Å². The lowest BCUT2D eigenvalue weighted by molar-refractivity contribution is 0.466. The van der Waals surface area contributed by atoms with Gasteiger partial charge in [-0.1, -0.05) is 6.07 Å². The Hall–Kier alpha value is -1.78. The Kier molecular flexibility index (Phi) is 1.99. The van der Waals surface area contributed by atoms with Crippen LogP contribution in [-0.4, -0.2) is 20.2 Å². The van der Waals surface area contributed by atoms with Crippen LogP contribution in [0.3, 0.4) is 0 Å². The van der Waals surface area contributed by atoms with Gasteiger partial charge in [-0.25, -0.2) is 9.37 Å². The molecular weight excluding hydrogens is 171 g/mol. The molecule has 0 spiro atoms. The summed E-state index contributed by atoms with van der Waals surface area (Å²) in [4.78, 5) is 7.92. The molecule has 0 atom stereocenters. The molecule has 2 heterocycles. The molecule has 0 aliphatic rings. The lowest BCUT2D eigenvalue weighted by atomic mass is 10.3. The molecule has 13 heavy (non-hydrogen) atoms. The predicted octanol–water partition coefficient (Wildman–Crippen LogP) is 1.34. The van der Waals surface area contributed by atoms with E-state index in [4.69, 9.17) is 0 Å². The molecule has 1 N–H and O–H groups in total. The van der Waals surface area contributed by atoms with Crippen molar-refractivity contribution < 1.29 is 4.39 Å². The highest BCUT2D eigenvalue weighted by Gasteiger charge is 2.04. The molecule has 4 nitrogen and oxygen atoms in total. The van der Waals surface area contributed by atoms with E-state index in [1.807, 2.05) is 6.07 Å². The topological polar surface area (TPSA) is 54.5 Å². The van der Waals surface area contributed by atoms with Crippen LogP contribution in [0.5, 0.6) is 0 Å². The third kappa shape index (κ3) is 1.53. The van der Waals surface area contributed by atoms with Crippen molar-refractivity contribution in [2.24, 2.45) is 0 Å². The molecule has 2 rings (SSSR count). The standard InChI is InChI=1S/C8H7FN4/c9-5-7-11-8(13-12-7)6-3-1-2-4-10-6/h1-4H,5H2,(H,11,12,13). The molecule has 0 radical (unpaired) electrons. The lowest BCUT2D eigenvalue weighted by Crippen LogP contribution is -1.84. The summed E-state index contributed by atoms with van der Waals surface area (Å²) in [5.74, 6) is 0.647. The van der Waals surface area contributed by atoms with E-state index in [0.29, 0.717) is 11.5 Å². The Balaban J connectivity index is 2.36. The fraction of sp³-hybridized carbons (Fsp3) is 0.125. The van der Waals surface area contributed by atoms with Gasteiger partial charge in [-0.2, -0.15) is 5.10 Å². The monoisotopic (exact) mass is 178 g/mol. The summed E-state index contributed by atoms with van der Waals surface area (Å²) in [6.45, 7) is -0.639. The van der Waals surface area contributed by atoms with Crippen molar-refractivity contribution in [2.75, 3.05) is 0 Å².